The first-order valence-electron chi connectivity index (χ1n) is 7.79. The zero-order valence-electron chi connectivity index (χ0n) is 13.2. The maximum absolute atomic E-state index is 12.7. The van der Waals surface area contributed by atoms with Crippen LogP contribution < -0.4 is 4.74 Å². The topological polar surface area (TPSA) is 46.6 Å². The molecule has 0 aliphatic carbocycles. The van der Waals surface area contributed by atoms with Gasteiger partial charge in [0.25, 0.3) is 0 Å². The number of fused-ring (bicyclic) bond motifs is 1. The predicted octanol–water partition coefficient (Wildman–Crippen LogP) is 3.01. The minimum Gasteiger partial charge on any atom is -0.493 e. The molecule has 0 radical (unpaired) electrons. The van der Waals surface area contributed by atoms with Gasteiger partial charge < -0.3 is 4.74 Å². The van der Waals surface area contributed by atoms with Crippen molar-refractivity contribution >= 4 is 10.0 Å². The standard InChI is InChI=1S/C18H21NO3S/c1-19(17-11-13-22-18-10-6-5-9-16(17)18)23(20,21)14-12-15-7-3-2-4-8-15/h2-10,17H,11-14H2,1H3. The number of hydrogen-bond acceptors (Lipinski definition) is 3. The molecule has 1 unspecified atom stereocenters. The Morgan fingerprint density at radius 1 is 1.09 bits per heavy atom. The molecule has 1 heterocycles. The molecule has 2 aromatic rings. The molecule has 3 rings (SSSR count). The van der Waals surface area contributed by atoms with Crippen LogP contribution in [0.5, 0.6) is 5.75 Å². The molecule has 4 nitrogen and oxygen atoms in total. The third kappa shape index (κ3) is 3.57. The molecule has 0 N–H and O–H groups in total. The number of sulfonamides is 1. The van der Waals surface area contributed by atoms with E-state index < -0.39 is 10.0 Å². The van der Waals surface area contributed by atoms with Crippen molar-refractivity contribution in [3.8, 4) is 5.75 Å². The Morgan fingerprint density at radius 3 is 2.57 bits per heavy atom. The molecule has 0 spiro atoms. The van der Waals surface area contributed by atoms with Crippen LogP contribution in [0.25, 0.3) is 0 Å². The summed E-state index contributed by atoms with van der Waals surface area (Å²) >= 11 is 0. The lowest BCUT2D eigenvalue weighted by atomic mass is 10.0. The zero-order chi connectivity index (χ0) is 16.3. The molecule has 122 valence electrons. The van der Waals surface area contributed by atoms with E-state index in [1.165, 1.54) is 4.31 Å². The lowest BCUT2D eigenvalue weighted by Gasteiger charge is -2.32. The highest BCUT2D eigenvalue weighted by molar-refractivity contribution is 7.89. The van der Waals surface area contributed by atoms with Gasteiger partial charge in [-0.2, -0.15) is 4.31 Å². The van der Waals surface area contributed by atoms with Crippen LogP contribution in [-0.2, 0) is 16.4 Å². The van der Waals surface area contributed by atoms with Gasteiger partial charge in [-0.15, -0.1) is 0 Å². The molecular formula is C18H21NO3S. The molecule has 1 aliphatic heterocycles. The number of benzene rings is 2. The monoisotopic (exact) mass is 331 g/mol. The molecule has 0 bridgehead atoms. The average Bonchev–Trinajstić information content (AvgIpc) is 2.60. The zero-order valence-corrected chi connectivity index (χ0v) is 14.0. The summed E-state index contributed by atoms with van der Waals surface area (Å²) in [4.78, 5) is 0. The molecule has 1 aliphatic rings. The van der Waals surface area contributed by atoms with E-state index in [4.69, 9.17) is 4.74 Å². The molecule has 0 fully saturated rings. The molecule has 5 heteroatoms. The van der Waals surface area contributed by atoms with E-state index in [0.29, 0.717) is 19.4 Å². The van der Waals surface area contributed by atoms with Crippen LogP contribution in [0.3, 0.4) is 0 Å². The van der Waals surface area contributed by atoms with Crippen molar-refractivity contribution in [3.05, 3.63) is 65.7 Å². The van der Waals surface area contributed by atoms with Crippen molar-refractivity contribution in [2.45, 2.75) is 18.9 Å². The maximum Gasteiger partial charge on any atom is 0.214 e. The largest absolute Gasteiger partial charge is 0.493 e. The van der Waals surface area contributed by atoms with Gasteiger partial charge in [0.2, 0.25) is 10.0 Å². The van der Waals surface area contributed by atoms with Crippen LogP contribution in [0, 0.1) is 0 Å². The van der Waals surface area contributed by atoms with E-state index in [1.807, 2.05) is 54.6 Å². The second-order valence-corrected chi connectivity index (χ2v) is 7.91. The van der Waals surface area contributed by atoms with Crippen LogP contribution in [-0.4, -0.2) is 32.1 Å². The highest BCUT2D eigenvalue weighted by Crippen LogP contribution is 2.36. The number of aryl methyl sites for hydroxylation is 1. The highest BCUT2D eigenvalue weighted by atomic mass is 32.2. The van der Waals surface area contributed by atoms with E-state index in [0.717, 1.165) is 16.9 Å². The highest BCUT2D eigenvalue weighted by Gasteiger charge is 2.31. The Hall–Kier alpha value is -1.85. The van der Waals surface area contributed by atoms with Crippen LogP contribution >= 0.6 is 0 Å². The summed E-state index contributed by atoms with van der Waals surface area (Å²) in [6.45, 7) is 0.542. The molecule has 23 heavy (non-hydrogen) atoms. The maximum atomic E-state index is 12.7. The lowest BCUT2D eigenvalue weighted by Crippen LogP contribution is -2.36. The molecule has 1 atom stereocenters. The second kappa shape index (κ2) is 6.72. The van der Waals surface area contributed by atoms with Crippen molar-refractivity contribution in [1.82, 2.24) is 4.31 Å². The Morgan fingerprint density at radius 2 is 1.78 bits per heavy atom. The third-order valence-corrected chi connectivity index (χ3v) is 6.15. The van der Waals surface area contributed by atoms with Crippen LogP contribution in [0.4, 0.5) is 0 Å². The summed E-state index contributed by atoms with van der Waals surface area (Å²) in [6.07, 6.45) is 1.20. The van der Waals surface area contributed by atoms with Gasteiger partial charge in [-0.1, -0.05) is 48.5 Å². The molecule has 2 aromatic carbocycles. The predicted molar refractivity (Wildman–Crippen MR) is 91.0 cm³/mol. The van der Waals surface area contributed by atoms with Crippen LogP contribution in [0.1, 0.15) is 23.6 Å². The molecule has 0 saturated heterocycles. The van der Waals surface area contributed by atoms with Gasteiger partial charge >= 0.3 is 0 Å². The van der Waals surface area contributed by atoms with Crippen LogP contribution in [0.15, 0.2) is 54.6 Å². The van der Waals surface area contributed by atoms with Crippen molar-refractivity contribution in [2.75, 3.05) is 19.4 Å². The average molecular weight is 331 g/mol. The van der Waals surface area contributed by atoms with Crippen molar-refractivity contribution in [2.24, 2.45) is 0 Å². The number of para-hydroxylation sites is 1. The fourth-order valence-corrected chi connectivity index (χ4v) is 4.32. The first-order chi connectivity index (χ1) is 11.1. The van der Waals surface area contributed by atoms with Gasteiger partial charge in [-0.3, -0.25) is 0 Å². The van der Waals surface area contributed by atoms with Gasteiger partial charge in [0, 0.05) is 19.0 Å². The van der Waals surface area contributed by atoms with E-state index in [2.05, 4.69) is 0 Å². The Bertz CT molecular complexity index is 759. The molecule has 0 amide bonds. The minimum atomic E-state index is -3.32. The second-order valence-electron chi connectivity index (χ2n) is 5.76. The molecular weight excluding hydrogens is 310 g/mol. The summed E-state index contributed by atoms with van der Waals surface area (Å²) in [5.74, 6) is 0.904. The third-order valence-electron chi connectivity index (χ3n) is 4.30. The van der Waals surface area contributed by atoms with E-state index >= 15 is 0 Å². The SMILES string of the molecule is CN(C1CCOc2ccccc21)S(=O)(=O)CCc1ccccc1. The Balaban J connectivity index is 1.76. The van der Waals surface area contributed by atoms with Gasteiger partial charge in [0.15, 0.2) is 0 Å². The normalized spacial score (nSPS) is 17.6. The molecule has 0 saturated carbocycles. The van der Waals surface area contributed by atoms with Gasteiger partial charge in [-0.05, 0) is 18.1 Å². The minimum absolute atomic E-state index is 0.118. The summed E-state index contributed by atoms with van der Waals surface area (Å²) in [6, 6.07) is 17.2. The fourth-order valence-electron chi connectivity index (χ4n) is 2.93. The van der Waals surface area contributed by atoms with E-state index in [-0.39, 0.29) is 11.8 Å². The fraction of sp³-hybridized carbons (Fsp3) is 0.333. The smallest absolute Gasteiger partial charge is 0.214 e. The quantitative estimate of drug-likeness (QED) is 0.846. The first kappa shape index (κ1) is 16.0. The Labute approximate surface area is 137 Å². The first-order valence-corrected chi connectivity index (χ1v) is 9.40. The number of hydrogen-bond donors (Lipinski definition) is 0. The summed E-state index contributed by atoms with van der Waals surface area (Å²) in [5.41, 5.74) is 1.99. The van der Waals surface area contributed by atoms with Crippen molar-refractivity contribution < 1.29 is 13.2 Å². The number of rotatable bonds is 5. The van der Waals surface area contributed by atoms with Crippen LogP contribution in [0.2, 0.25) is 0 Å². The number of nitrogens with zero attached hydrogens (tertiary/aromatic N) is 1. The molecule has 0 aromatic heterocycles. The summed E-state index contributed by atoms with van der Waals surface area (Å²) in [7, 11) is -1.65. The van der Waals surface area contributed by atoms with Gasteiger partial charge in [0.1, 0.15) is 5.75 Å². The summed E-state index contributed by atoms with van der Waals surface area (Å²) in [5, 5.41) is 0. The van der Waals surface area contributed by atoms with Crippen molar-refractivity contribution in [3.63, 3.8) is 0 Å². The van der Waals surface area contributed by atoms with E-state index in [1.54, 1.807) is 7.05 Å². The van der Waals surface area contributed by atoms with E-state index in [9.17, 15) is 8.42 Å². The number of ether oxygens (including phenoxy) is 1. The summed E-state index contributed by atoms with van der Waals surface area (Å²) < 4.78 is 32.5. The lowest BCUT2D eigenvalue weighted by molar-refractivity contribution is 0.221. The van der Waals surface area contributed by atoms with Gasteiger partial charge in [0.05, 0.1) is 18.4 Å². The van der Waals surface area contributed by atoms with Gasteiger partial charge in [-0.25, -0.2) is 8.42 Å². The van der Waals surface area contributed by atoms with Crippen molar-refractivity contribution in [1.29, 1.82) is 0 Å². The Kier molecular flexibility index (Phi) is 4.68.